The Balaban J connectivity index is 2.66. The molecule has 2 aromatic rings. The van der Waals surface area contributed by atoms with Gasteiger partial charge < -0.3 is 10.3 Å². The molecule has 2 nitrogen and oxygen atoms in total. The molecule has 0 bridgehead atoms. The molecule has 1 aromatic heterocycles. The van der Waals surface area contributed by atoms with Crippen molar-refractivity contribution in [2.75, 3.05) is 5.73 Å². The van der Waals surface area contributed by atoms with E-state index in [2.05, 4.69) is 46.6 Å². The number of hydrogen-bond donors (Lipinski definition) is 1. The first-order valence-corrected chi connectivity index (χ1v) is 5.96. The average Bonchev–Trinajstić information content (AvgIpc) is 2.47. The summed E-state index contributed by atoms with van der Waals surface area (Å²) in [6.07, 6.45) is 2.28. The Labute approximate surface area is 98.2 Å². The van der Waals surface area contributed by atoms with Crippen LogP contribution in [0, 0.1) is 0 Å². The summed E-state index contributed by atoms with van der Waals surface area (Å²) >= 11 is 3.46. The fourth-order valence-electron chi connectivity index (χ4n) is 1.93. The molecule has 80 valence electrons. The van der Waals surface area contributed by atoms with Crippen LogP contribution >= 0.6 is 15.9 Å². The fourth-order valence-corrected chi connectivity index (χ4v) is 2.26. The van der Waals surface area contributed by atoms with E-state index in [1.165, 1.54) is 23.0 Å². The Morgan fingerprint density at radius 2 is 2.07 bits per heavy atom. The summed E-state index contributed by atoms with van der Waals surface area (Å²) in [6, 6.07) is 6.34. The number of hydrogen-bond acceptors (Lipinski definition) is 1. The molecule has 0 atom stereocenters. The van der Waals surface area contributed by atoms with Gasteiger partial charge >= 0.3 is 0 Å². The third-order valence-corrected chi connectivity index (χ3v) is 3.45. The number of nitrogens with two attached hydrogens (primary N) is 1. The molecule has 0 saturated carbocycles. The van der Waals surface area contributed by atoms with Gasteiger partial charge in [0.05, 0.1) is 0 Å². The summed E-state index contributed by atoms with van der Waals surface area (Å²) in [5.74, 6) is 0. The van der Waals surface area contributed by atoms with Crippen molar-refractivity contribution in [2.24, 2.45) is 7.05 Å². The van der Waals surface area contributed by atoms with Gasteiger partial charge in [-0.2, -0.15) is 0 Å². The fraction of sp³-hybridized carbons (Fsp3) is 0.333. The quantitative estimate of drug-likeness (QED) is 0.830. The summed E-state index contributed by atoms with van der Waals surface area (Å²) in [4.78, 5) is 0. The summed E-state index contributed by atoms with van der Waals surface area (Å²) in [6.45, 7) is 2.20. The molecule has 0 aliphatic carbocycles. The summed E-state index contributed by atoms with van der Waals surface area (Å²) in [7, 11) is 2.11. The van der Waals surface area contributed by atoms with Gasteiger partial charge in [0.2, 0.25) is 0 Å². The second-order valence-corrected chi connectivity index (χ2v) is 4.73. The van der Waals surface area contributed by atoms with Crippen LogP contribution in [0.4, 0.5) is 5.69 Å². The van der Waals surface area contributed by atoms with Crippen LogP contribution in [0.15, 0.2) is 22.7 Å². The Morgan fingerprint density at radius 1 is 1.33 bits per heavy atom. The molecular weight excluding hydrogens is 252 g/mol. The van der Waals surface area contributed by atoms with E-state index in [9.17, 15) is 0 Å². The molecular formula is C12H15BrN2. The first kappa shape index (κ1) is 10.6. The van der Waals surface area contributed by atoms with Gasteiger partial charge in [-0.1, -0.05) is 13.3 Å². The second-order valence-electron chi connectivity index (χ2n) is 3.88. The highest BCUT2D eigenvalue weighted by Gasteiger charge is 2.07. The van der Waals surface area contributed by atoms with Gasteiger partial charge in [0.1, 0.15) is 0 Å². The van der Waals surface area contributed by atoms with Gasteiger partial charge in [-0.3, -0.25) is 0 Å². The van der Waals surface area contributed by atoms with Crippen molar-refractivity contribution in [1.82, 2.24) is 4.57 Å². The van der Waals surface area contributed by atoms with Gasteiger partial charge in [0.15, 0.2) is 0 Å². The van der Waals surface area contributed by atoms with E-state index < -0.39 is 0 Å². The van der Waals surface area contributed by atoms with Crippen molar-refractivity contribution in [2.45, 2.75) is 19.8 Å². The third-order valence-electron chi connectivity index (χ3n) is 2.77. The van der Waals surface area contributed by atoms with E-state index in [1.807, 2.05) is 6.07 Å². The van der Waals surface area contributed by atoms with Crippen LogP contribution in [0.3, 0.4) is 0 Å². The molecule has 0 aliphatic heterocycles. The molecule has 0 saturated heterocycles. The van der Waals surface area contributed by atoms with Crippen molar-refractivity contribution in [3.8, 4) is 0 Å². The molecule has 15 heavy (non-hydrogen) atoms. The van der Waals surface area contributed by atoms with Crippen LogP contribution in [0.25, 0.3) is 10.9 Å². The van der Waals surface area contributed by atoms with Crippen molar-refractivity contribution in [3.05, 3.63) is 28.4 Å². The molecule has 0 fully saturated rings. The SMILES string of the molecule is CCCc1cc2cc(N)c(Br)cc2n1C. The third kappa shape index (κ3) is 1.76. The topological polar surface area (TPSA) is 30.9 Å². The number of halogens is 1. The maximum Gasteiger partial charge on any atom is 0.0492 e. The van der Waals surface area contributed by atoms with Crippen LogP contribution in [0.5, 0.6) is 0 Å². The van der Waals surface area contributed by atoms with Crippen molar-refractivity contribution in [3.63, 3.8) is 0 Å². The maximum absolute atomic E-state index is 5.86. The van der Waals surface area contributed by atoms with Crippen LogP contribution in [-0.4, -0.2) is 4.57 Å². The lowest BCUT2D eigenvalue weighted by molar-refractivity contribution is 0.805. The Hall–Kier alpha value is -0.960. The van der Waals surface area contributed by atoms with Crippen molar-refractivity contribution < 1.29 is 0 Å². The molecule has 0 radical (unpaired) electrons. The van der Waals surface area contributed by atoms with Gasteiger partial charge in [-0.05, 0) is 40.5 Å². The van der Waals surface area contributed by atoms with Crippen LogP contribution < -0.4 is 5.73 Å². The number of nitrogens with zero attached hydrogens (tertiary/aromatic N) is 1. The molecule has 3 heteroatoms. The van der Waals surface area contributed by atoms with Gasteiger partial charge in [-0.15, -0.1) is 0 Å². The molecule has 2 N–H and O–H groups in total. The minimum absolute atomic E-state index is 0.802. The van der Waals surface area contributed by atoms with E-state index in [-0.39, 0.29) is 0 Å². The summed E-state index contributed by atoms with van der Waals surface area (Å²) in [5.41, 5.74) is 9.27. The lowest BCUT2D eigenvalue weighted by Crippen LogP contribution is -1.95. The van der Waals surface area contributed by atoms with Crippen molar-refractivity contribution in [1.29, 1.82) is 0 Å². The van der Waals surface area contributed by atoms with E-state index in [4.69, 9.17) is 5.73 Å². The first-order chi connectivity index (χ1) is 7.13. The van der Waals surface area contributed by atoms with Crippen LogP contribution in [-0.2, 0) is 13.5 Å². The molecule has 0 aliphatic rings. The molecule has 2 rings (SSSR count). The average molecular weight is 267 g/mol. The van der Waals surface area contributed by atoms with E-state index in [0.29, 0.717) is 0 Å². The summed E-state index contributed by atoms with van der Waals surface area (Å²) in [5, 5.41) is 1.22. The highest BCUT2D eigenvalue weighted by atomic mass is 79.9. The molecule has 0 unspecified atom stereocenters. The second kappa shape index (κ2) is 3.89. The number of fused-ring (bicyclic) bond motifs is 1. The minimum Gasteiger partial charge on any atom is -0.398 e. The number of aromatic nitrogens is 1. The number of nitrogen functional groups attached to an aromatic ring is 1. The first-order valence-electron chi connectivity index (χ1n) is 5.16. The number of benzene rings is 1. The molecule has 1 heterocycles. The summed E-state index contributed by atoms with van der Waals surface area (Å²) < 4.78 is 3.21. The Kier molecular flexibility index (Phi) is 2.74. The molecule has 0 spiro atoms. The van der Waals surface area contributed by atoms with Crippen LogP contribution in [0.1, 0.15) is 19.0 Å². The maximum atomic E-state index is 5.86. The van der Waals surface area contributed by atoms with Crippen LogP contribution in [0.2, 0.25) is 0 Å². The van der Waals surface area contributed by atoms with Gasteiger partial charge in [0, 0.05) is 33.8 Å². The highest BCUT2D eigenvalue weighted by Crippen LogP contribution is 2.28. The largest absolute Gasteiger partial charge is 0.398 e. The number of anilines is 1. The Morgan fingerprint density at radius 3 is 2.73 bits per heavy atom. The van der Waals surface area contributed by atoms with Crippen molar-refractivity contribution >= 4 is 32.5 Å². The lowest BCUT2D eigenvalue weighted by Gasteiger charge is -2.03. The zero-order valence-electron chi connectivity index (χ0n) is 9.05. The lowest BCUT2D eigenvalue weighted by atomic mass is 10.2. The molecule has 0 amide bonds. The Bertz CT molecular complexity index is 500. The zero-order chi connectivity index (χ0) is 11.0. The monoisotopic (exact) mass is 266 g/mol. The van der Waals surface area contributed by atoms with E-state index in [1.54, 1.807) is 0 Å². The minimum atomic E-state index is 0.802. The predicted molar refractivity (Wildman–Crippen MR) is 69.0 cm³/mol. The van der Waals surface area contributed by atoms with Gasteiger partial charge in [-0.25, -0.2) is 0 Å². The smallest absolute Gasteiger partial charge is 0.0492 e. The normalized spacial score (nSPS) is 11.1. The number of aryl methyl sites for hydroxylation is 2. The zero-order valence-corrected chi connectivity index (χ0v) is 10.6. The molecule has 1 aromatic carbocycles. The van der Waals surface area contributed by atoms with Gasteiger partial charge in [0.25, 0.3) is 0 Å². The standard InChI is InChI=1S/C12H15BrN2/c1-3-4-9-5-8-6-11(14)10(13)7-12(8)15(9)2/h5-7H,3-4,14H2,1-2H3. The predicted octanol–water partition coefficient (Wildman–Crippen LogP) is 3.48. The van der Waals surface area contributed by atoms with E-state index >= 15 is 0 Å². The number of rotatable bonds is 2. The highest BCUT2D eigenvalue weighted by molar-refractivity contribution is 9.10. The van der Waals surface area contributed by atoms with E-state index in [0.717, 1.165) is 16.6 Å².